The second-order valence-corrected chi connectivity index (χ2v) is 4.50. The summed E-state index contributed by atoms with van der Waals surface area (Å²) in [5, 5.41) is 0. The van der Waals surface area contributed by atoms with Crippen LogP contribution in [0.4, 0.5) is 14.5 Å². The fraction of sp³-hybridized carbons (Fsp3) is 0. The van der Waals surface area contributed by atoms with Crippen LogP contribution in [0.5, 0.6) is 0 Å². The van der Waals surface area contributed by atoms with E-state index >= 15 is 0 Å². The number of halogens is 3. The molecular weight excluding hydrogens is 302 g/mol. The van der Waals surface area contributed by atoms with E-state index in [1.807, 2.05) is 6.07 Å². The van der Waals surface area contributed by atoms with E-state index in [0.29, 0.717) is 10.0 Å². The Morgan fingerprint density at radius 2 is 1.61 bits per heavy atom. The lowest BCUT2D eigenvalue weighted by atomic mass is 10.2. The molecule has 0 fully saturated rings. The van der Waals surface area contributed by atoms with Crippen LogP contribution in [-0.4, -0.2) is 5.84 Å². The molecular formula is C13H9BrF2N2. The van der Waals surface area contributed by atoms with Gasteiger partial charge in [-0.15, -0.1) is 0 Å². The normalized spacial score (nSPS) is 11.6. The molecule has 5 heteroatoms. The van der Waals surface area contributed by atoms with Crippen LogP contribution in [0.25, 0.3) is 0 Å². The molecule has 0 saturated carbocycles. The average Bonchev–Trinajstić information content (AvgIpc) is 2.34. The summed E-state index contributed by atoms with van der Waals surface area (Å²) < 4.78 is 27.4. The van der Waals surface area contributed by atoms with E-state index in [0.717, 1.165) is 12.1 Å². The summed E-state index contributed by atoms with van der Waals surface area (Å²) in [4.78, 5) is 3.79. The van der Waals surface area contributed by atoms with Gasteiger partial charge in [0.25, 0.3) is 0 Å². The van der Waals surface area contributed by atoms with Crippen molar-refractivity contribution in [3.05, 3.63) is 64.1 Å². The molecule has 92 valence electrons. The predicted molar refractivity (Wildman–Crippen MR) is 70.9 cm³/mol. The van der Waals surface area contributed by atoms with E-state index in [9.17, 15) is 8.78 Å². The van der Waals surface area contributed by atoms with Gasteiger partial charge in [0.2, 0.25) is 0 Å². The zero-order chi connectivity index (χ0) is 13.1. The van der Waals surface area contributed by atoms with E-state index in [1.165, 1.54) is 0 Å². The SMILES string of the molecule is NC(=Nc1c(F)cc(Br)cc1F)c1ccccc1. The van der Waals surface area contributed by atoms with Gasteiger partial charge >= 0.3 is 0 Å². The molecule has 2 N–H and O–H groups in total. The van der Waals surface area contributed by atoms with Gasteiger partial charge in [-0.25, -0.2) is 13.8 Å². The molecule has 2 rings (SSSR count). The lowest BCUT2D eigenvalue weighted by molar-refractivity contribution is 0.586. The monoisotopic (exact) mass is 310 g/mol. The van der Waals surface area contributed by atoms with Crippen LogP contribution in [0.15, 0.2) is 51.9 Å². The van der Waals surface area contributed by atoms with Crippen molar-refractivity contribution in [3.8, 4) is 0 Å². The van der Waals surface area contributed by atoms with Crippen LogP contribution in [0.3, 0.4) is 0 Å². The van der Waals surface area contributed by atoms with Crippen molar-refractivity contribution in [2.45, 2.75) is 0 Å². The average molecular weight is 311 g/mol. The van der Waals surface area contributed by atoms with Crippen molar-refractivity contribution in [2.24, 2.45) is 10.7 Å². The maximum Gasteiger partial charge on any atom is 0.153 e. The first kappa shape index (κ1) is 12.7. The van der Waals surface area contributed by atoms with E-state index in [1.54, 1.807) is 24.3 Å². The maximum absolute atomic E-state index is 13.6. The molecule has 0 heterocycles. The third kappa shape index (κ3) is 2.73. The molecule has 0 radical (unpaired) electrons. The third-order valence-electron chi connectivity index (χ3n) is 2.28. The van der Waals surface area contributed by atoms with Crippen molar-refractivity contribution < 1.29 is 8.78 Å². The molecule has 0 bridgehead atoms. The van der Waals surface area contributed by atoms with Gasteiger partial charge in [0.05, 0.1) is 0 Å². The van der Waals surface area contributed by atoms with Crippen LogP contribution in [0.1, 0.15) is 5.56 Å². The quantitative estimate of drug-likeness (QED) is 0.665. The molecule has 0 spiro atoms. The molecule has 0 saturated heterocycles. The number of benzene rings is 2. The van der Waals surface area contributed by atoms with Crippen molar-refractivity contribution in [2.75, 3.05) is 0 Å². The van der Waals surface area contributed by atoms with Gasteiger partial charge in [0.1, 0.15) is 11.5 Å². The number of aliphatic imine (C=N–C) groups is 1. The molecule has 0 aliphatic heterocycles. The van der Waals surface area contributed by atoms with Gasteiger partial charge in [-0.3, -0.25) is 0 Å². The molecule has 0 aliphatic rings. The zero-order valence-corrected chi connectivity index (χ0v) is 10.8. The summed E-state index contributed by atoms with van der Waals surface area (Å²) in [7, 11) is 0. The minimum Gasteiger partial charge on any atom is -0.383 e. The van der Waals surface area contributed by atoms with E-state index in [2.05, 4.69) is 20.9 Å². The lowest BCUT2D eigenvalue weighted by Crippen LogP contribution is -2.12. The fourth-order valence-electron chi connectivity index (χ4n) is 1.44. The highest BCUT2D eigenvalue weighted by Gasteiger charge is 2.10. The first-order chi connectivity index (χ1) is 8.58. The molecule has 0 amide bonds. The van der Waals surface area contributed by atoms with Gasteiger partial charge in [-0.05, 0) is 12.1 Å². The van der Waals surface area contributed by atoms with Gasteiger partial charge in [0, 0.05) is 10.0 Å². The summed E-state index contributed by atoms with van der Waals surface area (Å²) in [6.45, 7) is 0. The Balaban J connectivity index is 2.45. The Bertz CT molecular complexity index is 574. The second-order valence-electron chi connectivity index (χ2n) is 3.58. The summed E-state index contributed by atoms with van der Waals surface area (Å²) in [5.41, 5.74) is 5.93. The Morgan fingerprint density at radius 3 is 2.17 bits per heavy atom. The Labute approximate surface area is 111 Å². The van der Waals surface area contributed by atoms with E-state index in [4.69, 9.17) is 5.73 Å². The molecule has 18 heavy (non-hydrogen) atoms. The Kier molecular flexibility index (Phi) is 3.72. The lowest BCUT2D eigenvalue weighted by Gasteiger charge is -2.03. The number of amidine groups is 1. The summed E-state index contributed by atoms with van der Waals surface area (Å²) in [6.07, 6.45) is 0. The minimum atomic E-state index is -0.763. The summed E-state index contributed by atoms with van der Waals surface area (Å²) >= 11 is 3.00. The number of nitrogens with two attached hydrogens (primary N) is 1. The van der Waals surface area contributed by atoms with Crippen LogP contribution in [0.2, 0.25) is 0 Å². The van der Waals surface area contributed by atoms with Gasteiger partial charge < -0.3 is 5.73 Å². The van der Waals surface area contributed by atoms with Crippen molar-refractivity contribution in [1.82, 2.24) is 0 Å². The molecule has 2 aromatic carbocycles. The number of nitrogens with zero attached hydrogens (tertiary/aromatic N) is 1. The molecule has 0 atom stereocenters. The van der Waals surface area contributed by atoms with Crippen LogP contribution < -0.4 is 5.73 Å². The van der Waals surface area contributed by atoms with E-state index < -0.39 is 11.6 Å². The molecule has 0 aromatic heterocycles. The number of hydrogen-bond acceptors (Lipinski definition) is 1. The third-order valence-corrected chi connectivity index (χ3v) is 2.74. The van der Waals surface area contributed by atoms with Crippen molar-refractivity contribution >= 4 is 27.5 Å². The van der Waals surface area contributed by atoms with Gasteiger partial charge in [-0.2, -0.15) is 0 Å². The number of rotatable bonds is 2. The largest absolute Gasteiger partial charge is 0.383 e. The highest BCUT2D eigenvalue weighted by atomic mass is 79.9. The second kappa shape index (κ2) is 5.27. The molecule has 2 nitrogen and oxygen atoms in total. The minimum absolute atomic E-state index is 0.0655. The summed E-state index contributed by atoms with van der Waals surface area (Å²) in [5.74, 6) is -1.46. The summed E-state index contributed by atoms with van der Waals surface area (Å²) in [6, 6.07) is 11.1. The molecule has 0 aliphatic carbocycles. The Hall–Kier alpha value is -1.75. The van der Waals surface area contributed by atoms with Crippen molar-refractivity contribution in [1.29, 1.82) is 0 Å². The maximum atomic E-state index is 13.6. The van der Waals surface area contributed by atoms with E-state index in [-0.39, 0.29) is 11.5 Å². The highest BCUT2D eigenvalue weighted by Crippen LogP contribution is 2.26. The first-order valence-electron chi connectivity index (χ1n) is 5.12. The topological polar surface area (TPSA) is 38.4 Å². The molecule has 2 aromatic rings. The van der Waals surface area contributed by atoms with Gasteiger partial charge in [-0.1, -0.05) is 46.3 Å². The van der Waals surface area contributed by atoms with Crippen LogP contribution >= 0.6 is 15.9 Å². The highest BCUT2D eigenvalue weighted by molar-refractivity contribution is 9.10. The fourth-order valence-corrected chi connectivity index (χ4v) is 1.84. The number of hydrogen-bond donors (Lipinski definition) is 1. The predicted octanol–water partition coefficient (Wildman–Crippen LogP) is 3.76. The molecule has 0 unspecified atom stereocenters. The van der Waals surface area contributed by atoms with Crippen LogP contribution in [0, 0.1) is 11.6 Å². The Morgan fingerprint density at radius 1 is 1.06 bits per heavy atom. The van der Waals surface area contributed by atoms with Crippen molar-refractivity contribution in [3.63, 3.8) is 0 Å². The van der Waals surface area contributed by atoms with Crippen LogP contribution in [-0.2, 0) is 0 Å². The standard InChI is InChI=1S/C13H9BrF2N2/c14-9-6-10(15)12(11(16)7-9)18-13(17)8-4-2-1-3-5-8/h1-7H,(H2,17,18). The first-order valence-corrected chi connectivity index (χ1v) is 5.91. The zero-order valence-electron chi connectivity index (χ0n) is 9.20. The van der Waals surface area contributed by atoms with Gasteiger partial charge in [0.15, 0.2) is 11.6 Å². The smallest absolute Gasteiger partial charge is 0.153 e.